The first-order valence-electron chi connectivity index (χ1n) is 7.37. The lowest BCUT2D eigenvalue weighted by molar-refractivity contribution is -0.121. The summed E-state index contributed by atoms with van der Waals surface area (Å²) < 4.78 is 5.07. The maximum Gasteiger partial charge on any atom is 0.410 e. The molecule has 1 aliphatic rings. The van der Waals surface area contributed by atoms with E-state index in [-0.39, 0.29) is 11.9 Å². The van der Waals surface area contributed by atoms with E-state index >= 15 is 0 Å². The Labute approximate surface area is 132 Å². The molecule has 0 saturated carbocycles. The summed E-state index contributed by atoms with van der Waals surface area (Å²) in [5, 5.41) is 8.91. The van der Waals surface area contributed by atoms with Crippen LogP contribution in [0.25, 0.3) is 0 Å². The van der Waals surface area contributed by atoms with Crippen LogP contribution in [0.5, 0.6) is 0 Å². The molecule has 2 heterocycles. The number of H-pyrrole nitrogens is 1. The van der Waals surface area contributed by atoms with E-state index in [0.717, 1.165) is 5.56 Å². The predicted molar refractivity (Wildman–Crippen MR) is 81.6 cm³/mol. The van der Waals surface area contributed by atoms with E-state index in [1.54, 1.807) is 0 Å². The SMILES string of the molecule is O=C(Nc1ncn[nH]1)[C@H](Cc1ccccc1)N1CCCOC1=O. The summed E-state index contributed by atoms with van der Waals surface area (Å²) in [5.41, 5.74) is 0.962. The van der Waals surface area contributed by atoms with Crippen molar-refractivity contribution >= 4 is 17.9 Å². The van der Waals surface area contributed by atoms with Gasteiger partial charge in [-0.15, -0.1) is 0 Å². The van der Waals surface area contributed by atoms with Crippen LogP contribution in [0.4, 0.5) is 10.7 Å². The topological polar surface area (TPSA) is 100 Å². The third-order valence-corrected chi connectivity index (χ3v) is 3.61. The van der Waals surface area contributed by atoms with Crippen molar-refractivity contribution in [1.82, 2.24) is 20.1 Å². The first kappa shape index (κ1) is 15.0. The second kappa shape index (κ2) is 6.91. The van der Waals surface area contributed by atoms with Crippen molar-refractivity contribution in [1.29, 1.82) is 0 Å². The second-order valence-corrected chi connectivity index (χ2v) is 5.19. The molecule has 2 amide bonds. The van der Waals surface area contributed by atoms with Crippen molar-refractivity contribution in [3.8, 4) is 0 Å². The molecule has 2 N–H and O–H groups in total. The highest BCUT2D eigenvalue weighted by Crippen LogP contribution is 2.16. The van der Waals surface area contributed by atoms with Gasteiger partial charge in [-0.25, -0.2) is 9.89 Å². The zero-order valence-corrected chi connectivity index (χ0v) is 12.4. The summed E-state index contributed by atoms with van der Waals surface area (Å²) in [4.78, 5) is 30.0. The van der Waals surface area contributed by atoms with E-state index in [1.165, 1.54) is 11.2 Å². The Hall–Kier alpha value is -2.90. The van der Waals surface area contributed by atoms with Crippen molar-refractivity contribution in [2.24, 2.45) is 0 Å². The van der Waals surface area contributed by atoms with E-state index < -0.39 is 12.1 Å². The van der Waals surface area contributed by atoms with Gasteiger partial charge in [0.1, 0.15) is 12.4 Å². The van der Waals surface area contributed by atoms with Gasteiger partial charge in [0, 0.05) is 13.0 Å². The summed E-state index contributed by atoms with van der Waals surface area (Å²) in [6.07, 6.45) is 1.93. The monoisotopic (exact) mass is 315 g/mol. The Balaban J connectivity index is 1.80. The number of rotatable bonds is 5. The minimum absolute atomic E-state index is 0.249. The molecule has 0 unspecified atom stereocenters. The number of amides is 2. The van der Waals surface area contributed by atoms with Crippen LogP contribution in [0.2, 0.25) is 0 Å². The molecule has 8 nitrogen and oxygen atoms in total. The largest absolute Gasteiger partial charge is 0.449 e. The standard InChI is InChI=1S/C15H17N5O3/c21-13(18-14-16-10-17-19-14)12(9-11-5-2-1-3-6-11)20-7-4-8-23-15(20)22/h1-3,5-6,10,12H,4,7-9H2,(H2,16,17,18,19,21)/t12-/m0/s1. The highest BCUT2D eigenvalue weighted by atomic mass is 16.6. The van der Waals surface area contributed by atoms with Crippen LogP contribution in [0.15, 0.2) is 36.7 Å². The molecular formula is C15H17N5O3. The molecule has 1 saturated heterocycles. The van der Waals surface area contributed by atoms with Crippen LogP contribution in [-0.2, 0) is 16.0 Å². The van der Waals surface area contributed by atoms with Crippen LogP contribution in [-0.4, -0.2) is 51.3 Å². The zero-order valence-electron chi connectivity index (χ0n) is 12.4. The summed E-state index contributed by atoms with van der Waals surface area (Å²) in [5.74, 6) is -0.0807. The van der Waals surface area contributed by atoms with Gasteiger partial charge in [0.15, 0.2) is 0 Å². The van der Waals surface area contributed by atoms with Gasteiger partial charge >= 0.3 is 6.09 Å². The average Bonchev–Trinajstić information content (AvgIpc) is 3.07. The Kier molecular flexibility index (Phi) is 4.51. The summed E-state index contributed by atoms with van der Waals surface area (Å²) in [6.45, 7) is 0.872. The molecule has 23 heavy (non-hydrogen) atoms. The summed E-state index contributed by atoms with van der Waals surface area (Å²) in [6, 6.07) is 8.87. The van der Waals surface area contributed by atoms with Crippen LogP contribution >= 0.6 is 0 Å². The molecule has 0 aliphatic carbocycles. The minimum Gasteiger partial charge on any atom is -0.449 e. The lowest BCUT2D eigenvalue weighted by atomic mass is 10.0. The fourth-order valence-corrected chi connectivity index (χ4v) is 2.50. The lowest BCUT2D eigenvalue weighted by Crippen LogP contribution is -2.51. The normalized spacial score (nSPS) is 15.8. The van der Waals surface area contributed by atoms with E-state index in [0.29, 0.717) is 26.0 Å². The Bertz CT molecular complexity index is 659. The molecule has 1 atom stereocenters. The molecule has 8 heteroatoms. The number of hydrogen-bond donors (Lipinski definition) is 2. The van der Waals surface area contributed by atoms with Crippen molar-refractivity contribution < 1.29 is 14.3 Å². The summed E-state index contributed by atoms with van der Waals surface area (Å²) >= 11 is 0. The lowest BCUT2D eigenvalue weighted by Gasteiger charge is -2.32. The van der Waals surface area contributed by atoms with E-state index in [1.807, 2.05) is 30.3 Å². The molecule has 1 aromatic heterocycles. The fraction of sp³-hybridized carbons (Fsp3) is 0.333. The molecule has 120 valence electrons. The molecule has 0 bridgehead atoms. The van der Waals surface area contributed by atoms with Crippen molar-refractivity contribution in [3.63, 3.8) is 0 Å². The Morgan fingerprint density at radius 3 is 2.91 bits per heavy atom. The Morgan fingerprint density at radius 2 is 2.22 bits per heavy atom. The first-order valence-corrected chi connectivity index (χ1v) is 7.37. The average molecular weight is 315 g/mol. The van der Waals surface area contributed by atoms with E-state index in [9.17, 15) is 9.59 Å². The van der Waals surface area contributed by atoms with Gasteiger partial charge in [-0.1, -0.05) is 30.3 Å². The highest BCUT2D eigenvalue weighted by Gasteiger charge is 2.33. The molecule has 0 spiro atoms. The van der Waals surface area contributed by atoms with Crippen molar-refractivity contribution in [2.75, 3.05) is 18.5 Å². The molecule has 1 aliphatic heterocycles. The van der Waals surface area contributed by atoms with Gasteiger partial charge in [-0.05, 0) is 12.0 Å². The van der Waals surface area contributed by atoms with Gasteiger partial charge in [0.05, 0.1) is 6.61 Å². The number of carbonyl (C=O) groups is 2. The first-order chi connectivity index (χ1) is 11.2. The van der Waals surface area contributed by atoms with Crippen LogP contribution in [0.1, 0.15) is 12.0 Å². The Morgan fingerprint density at radius 1 is 1.39 bits per heavy atom. The number of nitrogens with zero attached hydrogens (tertiary/aromatic N) is 3. The number of ether oxygens (including phenoxy) is 1. The fourth-order valence-electron chi connectivity index (χ4n) is 2.50. The zero-order chi connectivity index (χ0) is 16.1. The number of anilines is 1. The predicted octanol–water partition coefficient (Wildman–Crippen LogP) is 1.20. The number of aromatic nitrogens is 3. The number of nitrogens with one attached hydrogen (secondary N) is 2. The number of aromatic amines is 1. The van der Waals surface area contributed by atoms with Gasteiger partial charge < -0.3 is 4.74 Å². The van der Waals surface area contributed by atoms with Crippen LogP contribution in [0, 0.1) is 0 Å². The molecule has 1 aromatic carbocycles. The quantitative estimate of drug-likeness (QED) is 0.863. The van der Waals surface area contributed by atoms with Gasteiger partial charge in [-0.2, -0.15) is 10.1 Å². The van der Waals surface area contributed by atoms with Crippen molar-refractivity contribution in [3.05, 3.63) is 42.2 Å². The van der Waals surface area contributed by atoms with Crippen LogP contribution in [0.3, 0.4) is 0 Å². The second-order valence-electron chi connectivity index (χ2n) is 5.19. The number of cyclic esters (lactones) is 1. The van der Waals surface area contributed by atoms with Crippen molar-refractivity contribution in [2.45, 2.75) is 18.9 Å². The van der Waals surface area contributed by atoms with E-state index in [4.69, 9.17) is 4.74 Å². The molecule has 2 aromatic rings. The van der Waals surface area contributed by atoms with Crippen LogP contribution < -0.4 is 5.32 Å². The third kappa shape index (κ3) is 3.65. The summed E-state index contributed by atoms with van der Waals surface area (Å²) in [7, 11) is 0. The maximum atomic E-state index is 12.6. The van der Waals surface area contributed by atoms with E-state index in [2.05, 4.69) is 20.5 Å². The number of hydrogen-bond acceptors (Lipinski definition) is 5. The minimum atomic E-state index is -0.671. The van der Waals surface area contributed by atoms with Gasteiger partial charge in [-0.3, -0.25) is 15.0 Å². The molecule has 0 radical (unpaired) electrons. The number of benzene rings is 1. The van der Waals surface area contributed by atoms with Gasteiger partial charge in [0.2, 0.25) is 11.9 Å². The highest BCUT2D eigenvalue weighted by molar-refractivity contribution is 5.95. The third-order valence-electron chi connectivity index (χ3n) is 3.61. The molecular weight excluding hydrogens is 298 g/mol. The van der Waals surface area contributed by atoms with Gasteiger partial charge in [0.25, 0.3) is 0 Å². The number of carbonyl (C=O) groups excluding carboxylic acids is 2. The molecule has 3 rings (SSSR count). The smallest absolute Gasteiger partial charge is 0.410 e. The maximum absolute atomic E-state index is 12.6. The molecule has 1 fully saturated rings.